The Morgan fingerprint density at radius 1 is 0.449 bits per heavy atom. The summed E-state index contributed by atoms with van der Waals surface area (Å²) in [6.45, 7) is 4.34. The third-order valence-electron chi connectivity index (χ3n) is 13.4. The lowest BCUT2D eigenvalue weighted by Crippen LogP contribution is -2.48. The van der Waals surface area contributed by atoms with Crippen molar-refractivity contribution in [1.29, 1.82) is 0 Å². The van der Waals surface area contributed by atoms with Crippen LogP contribution < -0.4 is 21.3 Å². The molecule has 2 aromatic carbocycles. The van der Waals surface area contributed by atoms with Crippen molar-refractivity contribution in [2.24, 2.45) is 0 Å². The van der Waals surface area contributed by atoms with E-state index < -0.39 is 70.1 Å². The van der Waals surface area contributed by atoms with E-state index in [-0.39, 0.29) is 108 Å². The fourth-order valence-electron chi connectivity index (χ4n) is 8.65. The van der Waals surface area contributed by atoms with Crippen LogP contribution in [0.1, 0.15) is 221 Å². The highest BCUT2D eigenvalue weighted by molar-refractivity contribution is 5.98. The first-order valence-electron chi connectivity index (χ1n) is 28.8. The Labute approximate surface area is 461 Å². The third kappa shape index (κ3) is 30.5. The molecule has 0 unspecified atom stereocenters. The maximum Gasteiger partial charge on any atom is 0.305 e. The monoisotopic (exact) mass is 1100 g/mol. The van der Waals surface area contributed by atoms with Gasteiger partial charge in [0.2, 0.25) is 17.7 Å². The van der Waals surface area contributed by atoms with Gasteiger partial charge >= 0.3 is 11.9 Å². The van der Waals surface area contributed by atoms with Gasteiger partial charge in [0.15, 0.2) is 34.5 Å². The minimum absolute atomic E-state index is 0.0342. The molecule has 0 saturated heterocycles. The number of amides is 5. The minimum Gasteiger partial charge on any atom is -0.504 e. The zero-order valence-corrected chi connectivity index (χ0v) is 46.6. The van der Waals surface area contributed by atoms with Gasteiger partial charge in [-0.15, -0.1) is 0 Å². The van der Waals surface area contributed by atoms with Gasteiger partial charge in [-0.1, -0.05) is 142 Å². The molecule has 20 nitrogen and oxygen atoms in total. The average Bonchev–Trinajstić information content (AvgIpc) is 3.42. The maximum absolute atomic E-state index is 13.5. The summed E-state index contributed by atoms with van der Waals surface area (Å²) in [5.41, 5.74) is -0.382. The summed E-state index contributed by atoms with van der Waals surface area (Å²) < 4.78 is 10.9. The Morgan fingerprint density at radius 3 is 1.28 bits per heavy atom. The molecular formula is C58H93N5O15. The van der Waals surface area contributed by atoms with E-state index >= 15 is 0 Å². The summed E-state index contributed by atoms with van der Waals surface area (Å²) in [7, 11) is 0. The molecule has 0 aliphatic rings. The SMILES string of the molecule is CCCCCCCCCCCCCC(=O)OCCN(CCOC(=O)CCCCCCCCCCCCC)C(=O)CCC(=O)NCCNC(=O)[C@H](CCCCNC(=O)c1cc(O)c(O)c(O)c1)NC(=O)c1cc(O)c(O)c(O)c1. The second-order valence-electron chi connectivity index (χ2n) is 20.0. The minimum atomic E-state index is -1.19. The van der Waals surface area contributed by atoms with Crippen LogP contribution in [-0.4, -0.2) is 129 Å². The second kappa shape index (κ2) is 41.6. The summed E-state index contributed by atoms with van der Waals surface area (Å²) in [5, 5.41) is 69.0. The number of unbranched alkanes of at least 4 members (excludes halogenated alkanes) is 21. The van der Waals surface area contributed by atoms with Gasteiger partial charge in [-0.2, -0.15) is 0 Å². The molecule has 0 fully saturated rings. The molecule has 2 aromatic rings. The molecule has 440 valence electrons. The molecular weight excluding hydrogens is 1010 g/mol. The molecule has 0 aromatic heterocycles. The third-order valence-corrected chi connectivity index (χ3v) is 13.4. The maximum atomic E-state index is 13.5. The predicted molar refractivity (Wildman–Crippen MR) is 296 cm³/mol. The Hall–Kier alpha value is -6.47. The first kappa shape index (κ1) is 67.6. The Bertz CT molecular complexity index is 2010. The zero-order chi connectivity index (χ0) is 57.3. The standard InChI is InChI=1S/C58H93N5O15/c1-3-5-7-9-11-13-15-17-19-21-23-28-52(70)77-37-35-63(36-38-78-53(71)29-24-22-20-18-16-14-12-10-8-6-4-2)51(69)31-30-50(68)59-33-34-61-58(76)45(62-57(75)44-41-48(66)55(73)49(67)42-44)27-25-26-32-60-56(74)43-39-46(64)54(72)47(65)40-43/h39-42,45,64-67,72-73H,3-38H2,1-2H3,(H,59,68)(H,60,74)(H,61,76)(H,62,75)/t45-/m0/s1. The molecule has 20 heteroatoms. The highest BCUT2D eigenvalue weighted by atomic mass is 16.5. The lowest BCUT2D eigenvalue weighted by molar-refractivity contribution is -0.147. The van der Waals surface area contributed by atoms with E-state index in [2.05, 4.69) is 35.1 Å². The Kier molecular flexibility index (Phi) is 36.1. The van der Waals surface area contributed by atoms with Crippen LogP contribution in [0.2, 0.25) is 0 Å². The van der Waals surface area contributed by atoms with Crippen LogP contribution in [-0.2, 0) is 33.4 Å². The van der Waals surface area contributed by atoms with Crippen LogP contribution in [0.25, 0.3) is 0 Å². The molecule has 0 radical (unpaired) electrons. The highest BCUT2D eigenvalue weighted by Crippen LogP contribution is 2.36. The molecule has 0 spiro atoms. The van der Waals surface area contributed by atoms with Crippen molar-refractivity contribution in [2.45, 2.75) is 206 Å². The van der Waals surface area contributed by atoms with Gasteiger partial charge in [0.05, 0.1) is 13.1 Å². The molecule has 0 aliphatic heterocycles. The van der Waals surface area contributed by atoms with Crippen molar-refractivity contribution in [1.82, 2.24) is 26.2 Å². The van der Waals surface area contributed by atoms with Gasteiger partial charge < -0.3 is 66.3 Å². The van der Waals surface area contributed by atoms with Gasteiger partial charge in [0.25, 0.3) is 11.8 Å². The van der Waals surface area contributed by atoms with Gasteiger partial charge in [0.1, 0.15) is 19.3 Å². The van der Waals surface area contributed by atoms with Gasteiger partial charge in [0, 0.05) is 56.4 Å². The van der Waals surface area contributed by atoms with Gasteiger partial charge in [-0.3, -0.25) is 33.6 Å². The van der Waals surface area contributed by atoms with Crippen molar-refractivity contribution in [3.05, 3.63) is 35.4 Å². The number of esters is 2. The summed E-state index contributed by atoms with van der Waals surface area (Å²) >= 11 is 0. The summed E-state index contributed by atoms with van der Waals surface area (Å²) in [6.07, 6.45) is 26.2. The normalized spacial score (nSPS) is 11.4. The zero-order valence-electron chi connectivity index (χ0n) is 46.6. The summed E-state index contributed by atoms with van der Waals surface area (Å²) in [4.78, 5) is 92.0. The van der Waals surface area contributed by atoms with E-state index in [4.69, 9.17) is 9.47 Å². The molecule has 0 heterocycles. The number of rotatable bonds is 45. The molecule has 0 bridgehead atoms. The first-order chi connectivity index (χ1) is 37.6. The Morgan fingerprint density at radius 2 is 0.846 bits per heavy atom. The smallest absolute Gasteiger partial charge is 0.305 e. The van der Waals surface area contributed by atoms with Crippen molar-refractivity contribution in [2.75, 3.05) is 45.9 Å². The van der Waals surface area contributed by atoms with Crippen LogP contribution in [0.15, 0.2) is 24.3 Å². The number of phenols is 6. The van der Waals surface area contributed by atoms with Crippen molar-refractivity contribution in [3.8, 4) is 34.5 Å². The predicted octanol–water partition coefficient (Wildman–Crippen LogP) is 8.95. The lowest BCUT2D eigenvalue weighted by Gasteiger charge is -2.22. The van der Waals surface area contributed by atoms with E-state index in [1.807, 2.05) is 0 Å². The highest BCUT2D eigenvalue weighted by Gasteiger charge is 2.24. The molecule has 0 saturated carbocycles. The Balaban J connectivity index is 1.89. The van der Waals surface area contributed by atoms with E-state index in [1.54, 1.807) is 0 Å². The average molecular weight is 1100 g/mol. The van der Waals surface area contributed by atoms with E-state index in [0.29, 0.717) is 6.42 Å². The summed E-state index contributed by atoms with van der Waals surface area (Å²) in [5.74, 6) is -8.33. The van der Waals surface area contributed by atoms with Crippen molar-refractivity contribution < 1.29 is 73.7 Å². The van der Waals surface area contributed by atoms with Crippen LogP contribution in [0.4, 0.5) is 0 Å². The lowest BCUT2D eigenvalue weighted by atomic mass is 10.1. The molecule has 78 heavy (non-hydrogen) atoms. The van der Waals surface area contributed by atoms with Crippen molar-refractivity contribution >= 4 is 41.5 Å². The van der Waals surface area contributed by atoms with Crippen molar-refractivity contribution in [3.63, 3.8) is 0 Å². The molecule has 0 aliphatic carbocycles. The van der Waals surface area contributed by atoms with Gasteiger partial charge in [-0.05, 0) is 56.4 Å². The van der Waals surface area contributed by atoms with Crippen LogP contribution in [0, 0.1) is 0 Å². The second-order valence-corrected chi connectivity index (χ2v) is 20.0. The number of hydrogen-bond donors (Lipinski definition) is 10. The van der Waals surface area contributed by atoms with Crippen LogP contribution in [0.3, 0.4) is 0 Å². The molecule has 1 atom stereocenters. The number of benzene rings is 2. The van der Waals surface area contributed by atoms with E-state index in [1.165, 1.54) is 94.8 Å². The van der Waals surface area contributed by atoms with Crippen LogP contribution in [0.5, 0.6) is 34.5 Å². The number of nitrogens with zero attached hydrogens (tertiary/aromatic N) is 1. The number of carbonyl (C=O) groups is 7. The largest absolute Gasteiger partial charge is 0.504 e. The summed E-state index contributed by atoms with van der Waals surface area (Å²) in [6, 6.07) is 2.56. The fourth-order valence-corrected chi connectivity index (χ4v) is 8.65. The number of hydrogen-bond acceptors (Lipinski definition) is 15. The topological polar surface area (TPSA) is 311 Å². The molecule has 5 amide bonds. The quantitative estimate of drug-likeness (QED) is 0.0168. The number of aromatic hydroxyl groups is 6. The van der Waals surface area contributed by atoms with E-state index in [0.717, 1.165) is 75.6 Å². The molecule has 2 rings (SSSR count). The number of nitrogens with one attached hydrogen (secondary N) is 4. The van der Waals surface area contributed by atoms with E-state index in [9.17, 15) is 64.2 Å². The van der Waals surface area contributed by atoms with Crippen LogP contribution >= 0.6 is 0 Å². The fraction of sp³-hybridized carbons (Fsp3) is 0.672. The number of phenolic OH excluding ortho intramolecular Hbond substituents is 6. The first-order valence-corrected chi connectivity index (χ1v) is 28.8. The number of ether oxygens (including phenoxy) is 2. The molecule has 10 N–H and O–H groups in total. The van der Waals surface area contributed by atoms with Gasteiger partial charge in [-0.25, -0.2) is 0 Å². The number of carbonyl (C=O) groups excluding carboxylic acids is 7.